The van der Waals surface area contributed by atoms with E-state index in [1.165, 1.54) is 12.5 Å². The molecule has 1 fully saturated rings. The molecule has 0 N–H and O–H groups in total. The summed E-state index contributed by atoms with van der Waals surface area (Å²) in [6.45, 7) is 1.90. The summed E-state index contributed by atoms with van der Waals surface area (Å²) >= 11 is 0. The zero-order valence-electron chi connectivity index (χ0n) is 11.3. The van der Waals surface area contributed by atoms with Crippen molar-refractivity contribution in [2.45, 2.75) is 0 Å². The van der Waals surface area contributed by atoms with Crippen LogP contribution in [-0.4, -0.2) is 58.0 Å². The number of hydrogen-bond acceptors (Lipinski definition) is 5. The van der Waals surface area contributed by atoms with Crippen molar-refractivity contribution < 1.29 is 14.0 Å². The van der Waals surface area contributed by atoms with Gasteiger partial charge >= 0.3 is 0 Å². The smallest absolute Gasteiger partial charge is 0.289 e. The number of rotatable bonds is 2. The van der Waals surface area contributed by atoms with Gasteiger partial charge in [-0.05, 0) is 24.3 Å². The SMILES string of the molecule is O=C(c1cccnn1)N1CCN(C(=O)c2ccco2)CC1. The summed E-state index contributed by atoms with van der Waals surface area (Å²) in [7, 11) is 0. The first kappa shape index (κ1) is 13.3. The van der Waals surface area contributed by atoms with Crippen LogP contribution in [0.5, 0.6) is 0 Å². The van der Waals surface area contributed by atoms with Crippen molar-refractivity contribution in [1.29, 1.82) is 0 Å². The van der Waals surface area contributed by atoms with Gasteiger partial charge < -0.3 is 14.2 Å². The van der Waals surface area contributed by atoms with Crippen molar-refractivity contribution in [2.24, 2.45) is 0 Å². The number of amides is 2. The molecule has 0 bridgehead atoms. The van der Waals surface area contributed by atoms with Crippen LogP contribution < -0.4 is 0 Å². The summed E-state index contributed by atoms with van der Waals surface area (Å²) in [5.74, 6) is 0.0171. The van der Waals surface area contributed by atoms with Gasteiger partial charge in [-0.2, -0.15) is 5.10 Å². The van der Waals surface area contributed by atoms with Gasteiger partial charge in [0.25, 0.3) is 11.8 Å². The van der Waals surface area contributed by atoms with Crippen molar-refractivity contribution in [1.82, 2.24) is 20.0 Å². The third-order valence-corrected chi connectivity index (χ3v) is 3.38. The first-order valence-electron chi connectivity index (χ1n) is 6.65. The largest absolute Gasteiger partial charge is 0.459 e. The fourth-order valence-corrected chi connectivity index (χ4v) is 2.25. The maximum absolute atomic E-state index is 12.2. The molecule has 0 aliphatic carbocycles. The Hall–Kier alpha value is -2.70. The van der Waals surface area contributed by atoms with Gasteiger partial charge in [0.15, 0.2) is 11.5 Å². The number of carbonyl (C=O) groups is 2. The second kappa shape index (κ2) is 5.74. The summed E-state index contributed by atoms with van der Waals surface area (Å²) in [4.78, 5) is 27.7. The fraction of sp³-hybridized carbons (Fsp3) is 0.286. The Morgan fingerprint density at radius 2 is 1.71 bits per heavy atom. The quantitative estimate of drug-likeness (QED) is 0.810. The van der Waals surface area contributed by atoms with Crippen molar-refractivity contribution in [3.63, 3.8) is 0 Å². The molecule has 3 rings (SSSR count). The molecule has 1 aliphatic heterocycles. The van der Waals surface area contributed by atoms with Crippen LogP contribution in [0.15, 0.2) is 41.1 Å². The molecule has 0 unspecified atom stereocenters. The van der Waals surface area contributed by atoms with Crippen LogP contribution in [0.25, 0.3) is 0 Å². The minimum Gasteiger partial charge on any atom is -0.459 e. The van der Waals surface area contributed by atoms with Gasteiger partial charge in [-0.25, -0.2) is 0 Å². The lowest BCUT2D eigenvalue weighted by Gasteiger charge is -2.34. The average molecular weight is 286 g/mol. The van der Waals surface area contributed by atoms with Crippen LogP contribution in [0, 0.1) is 0 Å². The monoisotopic (exact) mass is 286 g/mol. The summed E-state index contributed by atoms with van der Waals surface area (Å²) in [6, 6.07) is 6.63. The standard InChI is InChI=1S/C14H14N4O3/c19-13(11-3-1-5-15-16-11)17-6-8-18(9-7-17)14(20)12-4-2-10-21-12/h1-5,10H,6-9H2. The van der Waals surface area contributed by atoms with Crippen molar-refractivity contribution in [2.75, 3.05) is 26.2 Å². The molecule has 1 saturated heterocycles. The minimum absolute atomic E-state index is 0.147. The van der Waals surface area contributed by atoms with E-state index < -0.39 is 0 Å². The van der Waals surface area contributed by atoms with E-state index in [-0.39, 0.29) is 11.8 Å². The molecule has 0 aromatic carbocycles. The molecular weight excluding hydrogens is 272 g/mol. The topological polar surface area (TPSA) is 79.5 Å². The number of furan rings is 1. The van der Waals surface area contributed by atoms with E-state index >= 15 is 0 Å². The van der Waals surface area contributed by atoms with Crippen LogP contribution in [0.4, 0.5) is 0 Å². The van der Waals surface area contributed by atoms with E-state index in [1.54, 1.807) is 34.1 Å². The molecule has 0 saturated carbocycles. The number of nitrogens with zero attached hydrogens (tertiary/aromatic N) is 4. The Morgan fingerprint density at radius 1 is 1.00 bits per heavy atom. The molecule has 0 spiro atoms. The third kappa shape index (κ3) is 2.76. The van der Waals surface area contributed by atoms with Crippen LogP contribution in [0.2, 0.25) is 0 Å². The first-order chi connectivity index (χ1) is 10.3. The van der Waals surface area contributed by atoms with Gasteiger partial charge in [-0.3, -0.25) is 9.59 Å². The second-order valence-electron chi connectivity index (χ2n) is 4.67. The third-order valence-electron chi connectivity index (χ3n) is 3.38. The highest BCUT2D eigenvalue weighted by molar-refractivity contribution is 5.93. The van der Waals surface area contributed by atoms with Gasteiger partial charge in [0.05, 0.1) is 6.26 Å². The van der Waals surface area contributed by atoms with Crippen LogP contribution in [0.1, 0.15) is 21.0 Å². The van der Waals surface area contributed by atoms with Gasteiger partial charge in [-0.1, -0.05) is 0 Å². The molecule has 21 heavy (non-hydrogen) atoms. The van der Waals surface area contributed by atoms with Crippen molar-refractivity contribution in [3.05, 3.63) is 48.2 Å². The molecule has 3 heterocycles. The zero-order chi connectivity index (χ0) is 14.7. The molecule has 0 radical (unpaired) electrons. The van der Waals surface area contributed by atoms with Gasteiger partial charge in [0.2, 0.25) is 0 Å². The summed E-state index contributed by atoms with van der Waals surface area (Å²) < 4.78 is 5.10. The summed E-state index contributed by atoms with van der Waals surface area (Å²) in [5.41, 5.74) is 0.323. The highest BCUT2D eigenvalue weighted by Crippen LogP contribution is 2.11. The van der Waals surface area contributed by atoms with E-state index in [4.69, 9.17) is 4.42 Å². The van der Waals surface area contributed by atoms with E-state index in [2.05, 4.69) is 10.2 Å². The van der Waals surface area contributed by atoms with E-state index in [9.17, 15) is 9.59 Å². The normalized spacial score (nSPS) is 15.0. The second-order valence-corrected chi connectivity index (χ2v) is 4.67. The fourth-order valence-electron chi connectivity index (χ4n) is 2.25. The number of carbonyl (C=O) groups excluding carboxylic acids is 2. The van der Waals surface area contributed by atoms with Gasteiger partial charge in [-0.15, -0.1) is 5.10 Å². The zero-order valence-corrected chi connectivity index (χ0v) is 11.3. The summed E-state index contributed by atoms with van der Waals surface area (Å²) in [6.07, 6.45) is 3.00. The maximum atomic E-state index is 12.2. The Balaban J connectivity index is 1.60. The molecular formula is C14H14N4O3. The molecule has 2 aromatic rings. The Labute approximate surface area is 121 Å². The van der Waals surface area contributed by atoms with E-state index in [0.717, 1.165) is 0 Å². The predicted octanol–water partition coefficient (Wildman–Crippen LogP) is 0.668. The molecule has 1 aliphatic rings. The highest BCUT2D eigenvalue weighted by atomic mass is 16.3. The number of piperazine rings is 1. The minimum atomic E-state index is -0.159. The average Bonchev–Trinajstić information content (AvgIpc) is 3.09. The van der Waals surface area contributed by atoms with Crippen molar-refractivity contribution >= 4 is 11.8 Å². The Kier molecular flexibility index (Phi) is 3.63. The van der Waals surface area contributed by atoms with E-state index in [0.29, 0.717) is 37.6 Å². The molecule has 7 heteroatoms. The Bertz CT molecular complexity index is 619. The molecule has 2 aromatic heterocycles. The van der Waals surface area contributed by atoms with Crippen LogP contribution in [-0.2, 0) is 0 Å². The lowest BCUT2D eigenvalue weighted by molar-refractivity contribution is 0.0514. The van der Waals surface area contributed by atoms with Gasteiger partial charge in [0.1, 0.15) is 0 Å². The number of aromatic nitrogens is 2. The van der Waals surface area contributed by atoms with Crippen LogP contribution in [0.3, 0.4) is 0 Å². The van der Waals surface area contributed by atoms with Crippen molar-refractivity contribution in [3.8, 4) is 0 Å². The number of hydrogen-bond donors (Lipinski definition) is 0. The molecule has 0 atom stereocenters. The highest BCUT2D eigenvalue weighted by Gasteiger charge is 2.27. The molecule has 108 valence electrons. The lowest BCUT2D eigenvalue weighted by Crippen LogP contribution is -2.50. The predicted molar refractivity (Wildman–Crippen MR) is 72.5 cm³/mol. The molecule has 2 amide bonds. The lowest BCUT2D eigenvalue weighted by atomic mass is 10.2. The van der Waals surface area contributed by atoms with E-state index in [1.807, 2.05) is 0 Å². The Morgan fingerprint density at radius 3 is 2.29 bits per heavy atom. The molecule has 7 nitrogen and oxygen atoms in total. The first-order valence-corrected chi connectivity index (χ1v) is 6.65. The van der Waals surface area contributed by atoms with Crippen LogP contribution >= 0.6 is 0 Å². The summed E-state index contributed by atoms with van der Waals surface area (Å²) in [5, 5.41) is 7.51. The van der Waals surface area contributed by atoms with Gasteiger partial charge in [0, 0.05) is 32.4 Å². The maximum Gasteiger partial charge on any atom is 0.289 e.